The van der Waals surface area contributed by atoms with Gasteiger partial charge in [-0.3, -0.25) is 9.36 Å². The Labute approximate surface area is 191 Å². The van der Waals surface area contributed by atoms with Crippen molar-refractivity contribution in [3.05, 3.63) is 80.4 Å². The highest BCUT2D eigenvalue weighted by Crippen LogP contribution is 2.29. The molecule has 3 aromatic rings. The first kappa shape index (κ1) is 22.3. The zero-order valence-corrected chi connectivity index (χ0v) is 19.4. The van der Waals surface area contributed by atoms with Crippen molar-refractivity contribution in [1.29, 1.82) is 0 Å². The Morgan fingerprint density at radius 1 is 1.03 bits per heavy atom. The van der Waals surface area contributed by atoms with E-state index in [4.69, 9.17) is 11.6 Å². The smallest absolute Gasteiger partial charge is 0.255 e. The first-order chi connectivity index (χ1) is 14.9. The third-order valence-corrected chi connectivity index (χ3v) is 8.89. The van der Waals surface area contributed by atoms with E-state index >= 15 is 0 Å². The van der Waals surface area contributed by atoms with Crippen LogP contribution in [0.15, 0.2) is 70.5 Å². The van der Waals surface area contributed by atoms with Gasteiger partial charge in [0, 0.05) is 35.4 Å². The van der Waals surface area contributed by atoms with Gasteiger partial charge in [0.25, 0.3) is 5.56 Å². The Morgan fingerprint density at radius 2 is 1.81 bits per heavy atom. The molecule has 2 heterocycles. The van der Waals surface area contributed by atoms with Gasteiger partial charge >= 0.3 is 0 Å². The molecule has 0 aliphatic heterocycles. The molecular formula is C23H25ClN2O3S2. The number of pyridine rings is 1. The van der Waals surface area contributed by atoms with Gasteiger partial charge in [-0.25, -0.2) is 8.42 Å². The maximum atomic E-state index is 13.1. The molecule has 5 nitrogen and oxygen atoms in total. The van der Waals surface area contributed by atoms with Gasteiger partial charge in [-0.15, -0.1) is 11.3 Å². The van der Waals surface area contributed by atoms with E-state index in [2.05, 4.69) is 5.32 Å². The second-order valence-electron chi connectivity index (χ2n) is 7.92. The molecule has 8 heteroatoms. The summed E-state index contributed by atoms with van der Waals surface area (Å²) >= 11 is 7.57. The van der Waals surface area contributed by atoms with Crippen molar-refractivity contribution in [3.8, 4) is 5.69 Å². The van der Waals surface area contributed by atoms with Gasteiger partial charge in [-0.1, -0.05) is 30.5 Å². The minimum absolute atomic E-state index is 0.0746. The highest BCUT2D eigenvalue weighted by molar-refractivity contribution is 7.91. The topological polar surface area (TPSA) is 68.2 Å². The first-order valence-electron chi connectivity index (χ1n) is 10.4. The minimum Gasteiger partial charge on any atom is -0.309 e. The van der Waals surface area contributed by atoms with Crippen LogP contribution in [-0.4, -0.2) is 24.8 Å². The molecule has 1 aliphatic rings. The summed E-state index contributed by atoms with van der Waals surface area (Å²) in [6, 6.07) is 15.6. The number of aromatic nitrogens is 1. The fourth-order valence-electron chi connectivity index (χ4n) is 4.19. The quantitative estimate of drug-likeness (QED) is 0.537. The molecule has 1 saturated carbocycles. The van der Waals surface area contributed by atoms with E-state index in [0.717, 1.165) is 34.9 Å². The van der Waals surface area contributed by atoms with Crippen molar-refractivity contribution in [2.75, 3.05) is 5.75 Å². The largest absolute Gasteiger partial charge is 0.309 e. The molecule has 2 atom stereocenters. The summed E-state index contributed by atoms with van der Waals surface area (Å²) in [4.78, 5) is 13.5. The summed E-state index contributed by atoms with van der Waals surface area (Å²) in [6.07, 6.45) is 5.72. The van der Waals surface area contributed by atoms with Crippen LogP contribution in [0.1, 0.15) is 30.6 Å². The number of thiophene rings is 1. The molecule has 0 saturated heterocycles. The molecule has 31 heavy (non-hydrogen) atoms. The van der Waals surface area contributed by atoms with E-state index in [-0.39, 0.29) is 23.3 Å². The number of rotatable bonds is 7. The Morgan fingerprint density at radius 3 is 2.52 bits per heavy atom. The number of nitrogens with zero attached hydrogens (tertiary/aromatic N) is 1. The molecule has 1 aromatic carbocycles. The van der Waals surface area contributed by atoms with Gasteiger partial charge in [-0.05, 0) is 61.2 Å². The lowest BCUT2D eigenvalue weighted by Crippen LogP contribution is -2.41. The summed E-state index contributed by atoms with van der Waals surface area (Å²) in [5.74, 6) is 0.200. The first-order valence-corrected chi connectivity index (χ1v) is 13.3. The van der Waals surface area contributed by atoms with Crippen LogP contribution in [0.4, 0.5) is 0 Å². The fourth-order valence-corrected chi connectivity index (χ4v) is 6.93. The molecule has 4 rings (SSSR count). The lowest BCUT2D eigenvalue weighted by atomic mass is 9.86. The van der Waals surface area contributed by atoms with Gasteiger partial charge in [0.2, 0.25) is 0 Å². The SMILES string of the molecule is O=c1ccccn1-c1ccc(S(=O)(=O)C[C@H]2CCCC[C@H]2NCc2ccc(Cl)s2)cc1. The lowest BCUT2D eigenvalue weighted by Gasteiger charge is -2.32. The van der Waals surface area contributed by atoms with Crippen molar-refractivity contribution < 1.29 is 8.42 Å². The van der Waals surface area contributed by atoms with Crippen LogP contribution in [0.2, 0.25) is 4.34 Å². The van der Waals surface area contributed by atoms with E-state index in [1.807, 2.05) is 12.1 Å². The van der Waals surface area contributed by atoms with Crippen LogP contribution >= 0.6 is 22.9 Å². The predicted molar refractivity (Wildman–Crippen MR) is 126 cm³/mol. The zero-order chi connectivity index (χ0) is 21.8. The van der Waals surface area contributed by atoms with Crippen LogP contribution < -0.4 is 10.9 Å². The minimum atomic E-state index is -3.43. The van der Waals surface area contributed by atoms with Gasteiger partial charge in [0.05, 0.1) is 15.0 Å². The van der Waals surface area contributed by atoms with Gasteiger partial charge in [0.1, 0.15) is 0 Å². The number of hydrogen-bond acceptors (Lipinski definition) is 5. The van der Waals surface area contributed by atoms with Crippen molar-refractivity contribution in [2.24, 2.45) is 5.92 Å². The van der Waals surface area contributed by atoms with Crippen LogP contribution in [0.25, 0.3) is 5.69 Å². The third kappa shape index (κ3) is 5.47. The molecule has 0 radical (unpaired) electrons. The second-order valence-corrected chi connectivity index (χ2v) is 11.8. The molecule has 2 aromatic heterocycles. The molecule has 0 bridgehead atoms. The monoisotopic (exact) mass is 476 g/mol. The summed E-state index contributed by atoms with van der Waals surface area (Å²) in [5, 5.41) is 3.56. The summed E-state index contributed by atoms with van der Waals surface area (Å²) < 4.78 is 28.5. The van der Waals surface area contributed by atoms with Crippen LogP contribution in [-0.2, 0) is 16.4 Å². The second kappa shape index (κ2) is 9.69. The number of sulfone groups is 1. The van der Waals surface area contributed by atoms with Crippen molar-refractivity contribution in [2.45, 2.75) is 43.2 Å². The normalized spacial score (nSPS) is 19.4. The standard InChI is InChI=1S/C23H25ClN2O3S2/c24-22-13-10-19(30-22)15-25-21-6-2-1-5-17(21)16-31(28,29)20-11-8-18(9-12-20)26-14-4-3-7-23(26)27/h3-4,7-14,17,21,25H,1-2,5-6,15-16H2/t17-,21-/m1/s1. The number of hydrogen-bond donors (Lipinski definition) is 1. The average Bonchev–Trinajstić information content (AvgIpc) is 3.18. The maximum Gasteiger partial charge on any atom is 0.255 e. The number of nitrogens with one attached hydrogen (secondary N) is 1. The molecule has 0 spiro atoms. The highest BCUT2D eigenvalue weighted by atomic mass is 35.5. The van der Waals surface area contributed by atoms with Crippen molar-refractivity contribution in [3.63, 3.8) is 0 Å². The van der Waals surface area contributed by atoms with Crippen molar-refractivity contribution >= 4 is 32.8 Å². The number of benzene rings is 1. The molecule has 1 fully saturated rings. The van der Waals surface area contributed by atoms with E-state index in [0.29, 0.717) is 17.1 Å². The Hall–Kier alpha value is -1.93. The van der Waals surface area contributed by atoms with Crippen LogP contribution in [0, 0.1) is 5.92 Å². The highest BCUT2D eigenvalue weighted by Gasteiger charge is 2.30. The predicted octanol–water partition coefficient (Wildman–Crippen LogP) is 4.67. The van der Waals surface area contributed by atoms with Gasteiger partial charge in [0.15, 0.2) is 9.84 Å². The summed E-state index contributed by atoms with van der Waals surface area (Å²) in [5.41, 5.74) is 0.498. The van der Waals surface area contributed by atoms with Crippen LogP contribution in [0.5, 0.6) is 0 Å². The van der Waals surface area contributed by atoms with E-state index in [1.54, 1.807) is 53.9 Å². The molecule has 164 valence electrons. The van der Waals surface area contributed by atoms with E-state index in [1.165, 1.54) is 10.6 Å². The Kier molecular flexibility index (Phi) is 6.96. The summed E-state index contributed by atoms with van der Waals surface area (Å²) in [6.45, 7) is 0.707. The third-order valence-electron chi connectivity index (χ3n) is 5.81. The van der Waals surface area contributed by atoms with E-state index in [9.17, 15) is 13.2 Å². The summed E-state index contributed by atoms with van der Waals surface area (Å²) in [7, 11) is -3.43. The van der Waals surface area contributed by atoms with E-state index < -0.39 is 9.84 Å². The Bertz CT molecular complexity index is 1190. The molecule has 0 amide bonds. The molecule has 0 unspecified atom stereocenters. The van der Waals surface area contributed by atoms with Crippen LogP contribution in [0.3, 0.4) is 0 Å². The Balaban J connectivity index is 1.46. The molecular weight excluding hydrogens is 452 g/mol. The zero-order valence-electron chi connectivity index (χ0n) is 17.0. The fraction of sp³-hybridized carbons (Fsp3) is 0.348. The molecule has 1 N–H and O–H groups in total. The van der Waals surface area contributed by atoms with Gasteiger partial charge < -0.3 is 5.32 Å². The average molecular weight is 477 g/mol. The lowest BCUT2D eigenvalue weighted by molar-refractivity contribution is 0.281. The van der Waals surface area contributed by atoms with Crippen molar-refractivity contribution in [1.82, 2.24) is 9.88 Å². The van der Waals surface area contributed by atoms with Gasteiger partial charge in [-0.2, -0.15) is 0 Å². The maximum absolute atomic E-state index is 13.1. The molecule has 1 aliphatic carbocycles. The number of halogens is 1.